The van der Waals surface area contributed by atoms with Gasteiger partial charge in [0.1, 0.15) is 0 Å². The van der Waals surface area contributed by atoms with E-state index >= 15 is 0 Å². The van der Waals surface area contributed by atoms with Crippen molar-refractivity contribution in [1.29, 1.82) is 0 Å². The molecule has 3 nitrogen and oxygen atoms in total. The van der Waals surface area contributed by atoms with E-state index in [2.05, 4.69) is 0 Å². The number of allylic oxidation sites excluding steroid dienone is 2. The molecule has 0 saturated heterocycles. The second kappa shape index (κ2) is 3.87. The third-order valence-corrected chi connectivity index (χ3v) is 2.52. The van der Waals surface area contributed by atoms with Crippen LogP contribution in [-0.4, -0.2) is 5.38 Å². The molecule has 1 aromatic rings. The van der Waals surface area contributed by atoms with Gasteiger partial charge in [0.2, 0.25) is 0 Å². The molecule has 0 saturated carbocycles. The van der Waals surface area contributed by atoms with Crippen LogP contribution in [0.15, 0.2) is 42.8 Å². The van der Waals surface area contributed by atoms with Crippen molar-refractivity contribution >= 4 is 28.7 Å². The number of nitrogens with two attached hydrogens (primary N) is 2. The summed E-state index contributed by atoms with van der Waals surface area (Å²) >= 11 is 5.88. The highest BCUT2D eigenvalue weighted by atomic mass is 35.5. The van der Waals surface area contributed by atoms with Crippen molar-refractivity contribution < 1.29 is 0 Å². The lowest BCUT2D eigenvalue weighted by molar-refractivity contribution is 1.19. The molecular weight excluding hydrogens is 210 g/mol. The van der Waals surface area contributed by atoms with Crippen LogP contribution in [-0.2, 0) is 0 Å². The van der Waals surface area contributed by atoms with Crippen molar-refractivity contribution in [1.82, 2.24) is 0 Å². The fraction of sp³-hybridized carbons (Fsp3) is 0.0909. The number of nitrogen functional groups attached to an aromatic ring is 2. The number of alkyl halides is 1. The number of rotatable bonds is 1. The van der Waals surface area contributed by atoms with E-state index in [9.17, 15) is 0 Å². The van der Waals surface area contributed by atoms with Gasteiger partial charge in [-0.15, -0.1) is 11.6 Å². The summed E-state index contributed by atoms with van der Waals surface area (Å²) in [6.45, 7) is 0. The highest BCUT2D eigenvalue weighted by Gasteiger charge is 2.06. The smallest absolute Gasteiger partial charge is 0.0731 e. The zero-order valence-corrected chi connectivity index (χ0v) is 8.85. The van der Waals surface area contributed by atoms with Gasteiger partial charge in [0.15, 0.2) is 0 Å². The van der Waals surface area contributed by atoms with Crippen molar-refractivity contribution in [3.05, 3.63) is 42.8 Å². The van der Waals surface area contributed by atoms with Gasteiger partial charge in [0.25, 0.3) is 0 Å². The van der Waals surface area contributed by atoms with E-state index in [-0.39, 0.29) is 5.38 Å². The Morgan fingerprint density at radius 2 is 1.73 bits per heavy atom. The molecule has 1 aliphatic rings. The third-order valence-electron chi connectivity index (χ3n) is 2.23. The van der Waals surface area contributed by atoms with Gasteiger partial charge in [0, 0.05) is 18.1 Å². The van der Waals surface area contributed by atoms with E-state index in [0.717, 1.165) is 5.69 Å². The van der Waals surface area contributed by atoms with Crippen LogP contribution in [0.4, 0.5) is 17.1 Å². The molecule has 0 atom stereocenters. The molecule has 0 aliphatic carbocycles. The van der Waals surface area contributed by atoms with Gasteiger partial charge < -0.3 is 16.4 Å². The molecule has 2 rings (SSSR count). The summed E-state index contributed by atoms with van der Waals surface area (Å²) in [6, 6.07) is 5.53. The molecule has 0 radical (unpaired) electrons. The SMILES string of the molecule is Nc1ccc(N2C=CC(Cl)C=C2)cc1N. The number of benzene rings is 1. The average molecular weight is 222 g/mol. The monoisotopic (exact) mass is 221 g/mol. The lowest BCUT2D eigenvalue weighted by Gasteiger charge is -2.20. The van der Waals surface area contributed by atoms with Crippen LogP contribution in [0.5, 0.6) is 0 Å². The van der Waals surface area contributed by atoms with Gasteiger partial charge in [-0.25, -0.2) is 0 Å². The molecule has 1 heterocycles. The highest BCUT2D eigenvalue weighted by Crippen LogP contribution is 2.25. The molecule has 0 fully saturated rings. The minimum absolute atomic E-state index is 0.0348. The van der Waals surface area contributed by atoms with Gasteiger partial charge in [-0.2, -0.15) is 0 Å². The Kier molecular flexibility index (Phi) is 2.56. The number of hydrogen-bond donors (Lipinski definition) is 2. The summed E-state index contributed by atoms with van der Waals surface area (Å²) in [5, 5.41) is -0.0348. The first-order chi connectivity index (χ1) is 7.16. The van der Waals surface area contributed by atoms with Crippen molar-refractivity contribution in [3.63, 3.8) is 0 Å². The molecule has 0 aromatic heterocycles. The van der Waals surface area contributed by atoms with Crippen molar-refractivity contribution in [2.75, 3.05) is 16.4 Å². The van der Waals surface area contributed by atoms with Gasteiger partial charge >= 0.3 is 0 Å². The second-order valence-corrected chi connectivity index (χ2v) is 3.85. The van der Waals surface area contributed by atoms with E-state index in [4.69, 9.17) is 23.1 Å². The molecule has 4 heteroatoms. The number of anilines is 3. The standard InChI is InChI=1S/C11H12ClN3/c12-8-3-5-15(6-4-8)9-1-2-10(13)11(14)7-9/h1-8H,13-14H2. The summed E-state index contributed by atoms with van der Waals surface area (Å²) in [5.74, 6) is 0. The molecule has 0 spiro atoms. The first kappa shape index (κ1) is 9.93. The highest BCUT2D eigenvalue weighted by molar-refractivity contribution is 6.23. The molecule has 0 amide bonds. The summed E-state index contributed by atoms with van der Waals surface area (Å²) in [5.41, 5.74) is 13.5. The van der Waals surface area contributed by atoms with E-state index < -0.39 is 0 Å². The predicted octanol–water partition coefficient (Wildman–Crippen LogP) is 2.31. The minimum atomic E-state index is -0.0348. The maximum Gasteiger partial charge on any atom is 0.0731 e. The Morgan fingerprint density at radius 1 is 1.07 bits per heavy atom. The first-order valence-electron chi connectivity index (χ1n) is 4.61. The van der Waals surface area contributed by atoms with Crippen LogP contribution in [0, 0.1) is 0 Å². The van der Waals surface area contributed by atoms with Crippen molar-refractivity contribution in [2.45, 2.75) is 5.38 Å². The summed E-state index contributed by atoms with van der Waals surface area (Å²) in [6.07, 6.45) is 7.60. The van der Waals surface area contributed by atoms with Crippen LogP contribution in [0.1, 0.15) is 0 Å². The van der Waals surface area contributed by atoms with Gasteiger partial charge in [-0.3, -0.25) is 0 Å². The Labute approximate surface area is 93.6 Å². The molecule has 0 unspecified atom stereocenters. The Morgan fingerprint density at radius 3 is 2.33 bits per heavy atom. The van der Waals surface area contributed by atoms with Gasteiger partial charge in [0.05, 0.1) is 16.8 Å². The number of nitrogens with zero attached hydrogens (tertiary/aromatic N) is 1. The average Bonchev–Trinajstić information content (AvgIpc) is 2.23. The molecule has 15 heavy (non-hydrogen) atoms. The molecule has 78 valence electrons. The topological polar surface area (TPSA) is 55.3 Å². The first-order valence-corrected chi connectivity index (χ1v) is 5.04. The second-order valence-electron chi connectivity index (χ2n) is 3.35. The van der Waals surface area contributed by atoms with Crippen LogP contribution in [0.2, 0.25) is 0 Å². The Bertz CT molecular complexity index is 412. The van der Waals surface area contributed by atoms with Gasteiger partial charge in [-0.05, 0) is 30.4 Å². The zero-order valence-electron chi connectivity index (χ0n) is 8.10. The van der Waals surface area contributed by atoms with Crippen molar-refractivity contribution in [3.8, 4) is 0 Å². The third kappa shape index (κ3) is 2.07. The Hall–Kier alpha value is -1.61. The fourth-order valence-corrected chi connectivity index (χ4v) is 1.49. The van der Waals surface area contributed by atoms with E-state index in [0.29, 0.717) is 11.4 Å². The van der Waals surface area contributed by atoms with Gasteiger partial charge in [-0.1, -0.05) is 0 Å². The zero-order chi connectivity index (χ0) is 10.8. The fourth-order valence-electron chi connectivity index (χ4n) is 1.36. The predicted molar refractivity (Wildman–Crippen MR) is 65.7 cm³/mol. The summed E-state index contributed by atoms with van der Waals surface area (Å²) in [4.78, 5) is 1.94. The minimum Gasteiger partial charge on any atom is -0.397 e. The largest absolute Gasteiger partial charge is 0.397 e. The van der Waals surface area contributed by atoms with E-state index in [1.165, 1.54) is 0 Å². The molecule has 1 aromatic carbocycles. The maximum absolute atomic E-state index is 5.88. The van der Waals surface area contributed by atoms with Crippen LogP contribution >= 0.6 is 11.6 Å². The summed E-state index contributed by atoms with van der Waals surface area (Å²) in [7, 11) is 0. The Balaban J connectivity index is 2.27. The van der Waals surface area contributed by atoms with E-state index in [1.54, 1.807) is 6.07 Å². The summed E-state index contributed by atoms with van der Waals surface area (Å²) < 4.78 is 0. The molecule has 1 aliphatic heterocycles. The molecular formula is C11H12ClN3. The van der Waals surface area contributed by atoms with Crippen LogP contribution in [0.25, 0.3) is 0 Å². The van der Waals surface area contributed by atoms with Crippen LogP contribution in [0.3, 0.4) is 0 Å². The van der Waals surface area contributed by atoms with Crippen LogP contribution < -0.4 is 16.4 Å². The van der Waals surface area contributed by atoms with E-state index in [1.807, 2.05) is 41.6 Å². The quantitative estimate of drug-likeness (QED) is 0.565. The maximum atomic E-state index is 5.88. The molecule has 4 N–H and O–H groups in total. The normalized spacial score (nSPS) is 15.9. The molecule has 0 bridgehead atoms. The lowest BCUT2D eigenvalue weighted by Crippen LogP contribution is -2.12. The number of halogens is 1. The lowest BCUT2D eigenvalue weighted by atomic mass is 10.2. The van der Waals surface area contributed by atoms with Crippen molar-refractivity contribution in [2.24, 2.45) is 0 Å². The number of hydrogen-bond acceptors (Lipinski definition) is 3.